The van der Waals surface area contributed by atoms with E-state index < -0.39 is 0 Å². The molecule has 1 amide bonds. The van der Waals surface area contributed by atoms with Gasteiger partial charge in [0.1, 0.15) is 0 Å². The number of carbonyl (C=O) groups is 1. The summed E-state index contributed by atoms with van der Waals surface area (Å²) in [5.41, 5.74) is 1.91. The lowest BCUT2D eigenvalue weighted by molar-refractivity contribution is -0.129. The number of rotatable bonds is 5. The Morgan fingerprint density at radius 2 is 2.36 bits per heavy atom. The summed E-state index contributed by atoms with van der Waals surface area (Å²) in [5.74, 6) is 0.518. The van der Waals surface area contributed by atoms with Crippen molar-refractivity contribution in [1.29, 1.82) is 0 Å². The Morgan fingerprint density at radius 1 is 1.55 bits per heavy atom. The van der Waals surface area contributed by atoms with Gasteiger partial charge in [-0.1, -0.05) is 23.9 Å². The number of benzene rings is 1. The molecule has 3 rings (SSSR count). The van der Waals surface area contributed by atoms with Gasteiger partial charge in [0.25, 0.3) is 0 Å². The van der Waals surface area contributed by atoms with Gasteiger partial charge in [0, 0.05) is 12.6 Å². The fourth-order valence-electron chi connectivity index (χ4n) is 3.01. The molecule has 2 heterocycles. The van der Waals surface area contributed by atoms with E-state index in [1.54, 1.807) is 6.92 Å². The van der Waals surface area contributed by atoms with Crippen LogP contribution in [0.3, 0.4) is 0 Å². The smallest absolute Gasteiger partial charge is 0.233 e. The molecule has 5 nitrogen and oxygen atoms in total. The number of amides is 1. The van der Waals surface area contributed by atoms with Crippen molar-refractivity contribution < 1.29 is 9.90 Å². The number of hydrogen-bond acceptors (Lipinski definition) is 4. The lowest BCUT2D eigenvalue weighted by Gasteiger charge is -2.25. The number of para-hydroxylation sites is 2. The molecule has 0 bridgehead atoms. The second kappa shape index (κ2) is 6.71. The van der Waals surface area contributed by atoms with Gasteiger partial charge < -0.3 is 15.0 Å². The van der Waals surface area contributed by atoms with E-state index in [0.29, 0.717) is 12.2 Å². The highest BCUT2D eigenvalue weighted by atomic mass is 32.2. The van der Waals surface area contributed by atoms with Crippen molar-refractivity contribution in [3.63, 3.8) is 0 Å². The third kappa shape index (κ3) is 3.44. The maximum Gasteiger partial charge on any atom is 0.233 e. The molecule has 0 radical (unpaired) electrons. The van der Waals surface area contributed by atoms with E-state index in [1.807, 2.05) is 29.2 Å². The van der Waals surface area contributed by atoms with Crippen LogP contribution in [0, 0.1) is 0 Å². The van der Waals surface area contributed by atoms with Gasteiger partial charge in [-0.25, -0.2) is 4.98 Å². The lowest BCUT2D eigenvalue weighted by atomic mass is 10.1. The molecule has 1 saturated heterocycles. The molecular weight excluding hydrogens is 298 g/mol. The van der Waals surface area contributed by atoms with E-state index in [9.17, 15) is 9.90 Å². The third-order valence-electron chi connectivity index (χ3n) is 4.01. The maximum absolute atomic E-state index is 12.4. The number of nitrogens with one attached hydrogen (secondary N) is 1. The first kappa shape index (κ1) is 15.4. The Bertz CT molecular complexity index is 623. The molecule has 2 aromatic rings. The molecule has 22 heavy (non-hydrogen) atoms. The number of H-pyrrole nitrogens is 1. The first-order valence-electron chi connectivity index (χ1n) is 7.68. The molecule has 0 aliphatic carbocycles. The number of aromatic nitrogens is 2. The fourth-order valence-corrected chi connectivity index (χ4v) is 3.78. The van der Waals surface area contributed by atoms with Crippen molar-refractivity contribution in [1.82, 2.24) is 14.9 Å². The second-order valence-corrected chi connectivity index (χ2v) is 6.78. The van der Waals surface area contributed by atoms with Gasteiger partial charge in [0.15, 0.2) is 5.16 Å². The normalized spacial score (nSPS) is 19.7. The predicted octanol–water partition coefficient (Wildman–Crippen LogP) is 2.42. The molecular formula is C16H21N3O2S. The van der Waals surface area contributed by atoms with Crippen molar-refractivity contribution in [2.75, 3.05) is 12.3 Å². The zero-order valence-corrected chi connectivity index (χ0v) is 13.5. The summed E-state index contributed by atoms with van der Waals surface area (Å²) in [6.07, 6.45) is 2.33. The van der Waals surface area contributed by atoms with Crippen LogP contribution in [0.4, 0.5) is 0 Å². The van der Waals surface area contributed by atoms with Gasteiger partial charge in [-0.3, -0.25) is 4.79 Å². The number of aliphatic hydroxyl groups excluding tert-OH is 1. The molecule has 1 fully saturated rings. The van der Waals surface area contributed by atoms with Crippen LogP contribution in [-0.2, 0) is 4.79 Å². The summed E-state index contributed by atoms with van der Waals surface area (Å²) >= 11 is 1.44. The SMILES string of the molecule is CC(O)CC1CCCN1C(=O)CSc1nc2ccccc2[nH]1. The van der Waals surface area contributed by atoms with E-state index in [2.05, 4.69) is 9.97 Å². The summed E-state index contributed by atoms with van der Waals surface area (Å²) in [6, 6.07) is 8.03. The summed E-state index contributed by atoms with van der Waals surface area (Å²) in [4.78, 5) is 22.0. The average molecular weight is 319 g/mol. The van der Waals surface area contributed by atoms with E-state index in [0.717, 1.165) is 35.6 Å². The first-order chi connectivity index (χ1) is 10.6. The van der Waals surface area contributed by atoms with Crippen LogP contribution >= 0.6 is 11.8 Å². The van der Waals surface area contributed by atoms with Crippen molar-refractivity contribution in [2.24, 2.45) is 0 Å². The van der Waals surface area contributed by atoms with Gasteiger partial charge in [-0.15, -0.1) is 0 Å². The Kier molecular flexibility index (Phi) is 4.69. The number of aliphatic hydroxyl groups is 1. The minimum absolute atomic E-state index is 0.133. The van der Waals surface area contributed by atoms with E-state index in [1.165, 1.54) is 11.8 Å². The fraction of sp³-hybridized carbons (Fsp3) is 0.500. The van der Waals surface area contributed by atoms with Crippen molar-refractivity contribution >= 4 is 28.7 Å². The summed E-state index contributed by atoms with van der Waals surface area (Å²) in [7, 11) is 0. The number of carbonyl (C=O) groups excluding carboxylic acids is 1. The van der Waals surface area contributed by atoms with Crippen LogP contribution in [0.1, 0.15) is 26.2 Å². The van der Waals surface area contributed by atoms with E-state index in [4.69, 9.17) is 0 Å². The maximum atomic E-state index is 12.4. The van der Waals surface area contributed by atoms with Crippen molar-refractivity contribution in [2.45, 2.75) is 43.5 Å². The Labute approximate surface area is 134 Å². The molecule has 2 N–H and O–H groups in total. The highest BCUT2D eigenvalue weighted by molar-refractivity contribution is 7.99. The van der Waals surface area contributed by atoms with Gasteiger partial charge >= 0.3 is 0 Å². The monoisotopic (exact) mass is 319 g/mol. The minimum atomic E-state index is -0.360. The topological polar surface area (TPSA) is 69.2 Å². The van der Waals surface area contributed by atoms with Crippen LogP contribution in [0.25, 0.3) is 11.0 Å². The van der Waals surface area contributed by atoms with E-state index >= 15 is 0 Å². The molecule has 1 aliphatic rings. The standard InChI is InChI=1S/C16H21N3O2S/c1-11(20)9-12-5-4-8-19(12)15(21)10-22-16-17-13-6-2-3-7-14(13)18-16/h2-3,6-7,11-12,20H,4-5,8-10H2,1H3,(H,17,18). The van der Waals surface area contributed by atoms with Crippen LogP contribution in [0.2, 0.25) is 0 Å². The van der Waals surface area contributed by atoms with E-state index in [-0.39, 0.29) is 18.1 Å². The predicted molar refractivity (Wildman–Crippen MR) is 87.9 cm³/mol. The lowest BCUT2D eigenvalue weighted by Crippen LogP contribution is -2.38. The number of thioether (sulfide) groups is 1. The van der Waals surface area contributed by atoms with Crippen molar-refractivity contribution in [3.05, 3.63) is 24.3 Å². The number of nitrogens with zero attached hydrogens (tertiary/aromatic N) is 2. The molecule has 1 aromatic heterocycles. The van der Waals surface area contributed by atoms with Crippen molar-refractivity contribution in [3.8, 4) is 0 Å². The Balaban J connectivity index is 1.59. The molecule has 0 spiro atoms. The quantitative estimate of drug-likeness (QED) is 0.831. The summed E-state index contributed by atoms with van der Waals surface area (Å²) < 4.78 is 0. The first-order valence-corrected chi connectivity index (χ1v) is 8.67. The molecule has 2 unspecified atom stereocenters. The highest BCUT2D eigenvalue weighted by Gasteiger charge is 2.29. The number of fused-ring (bicyclic) bond motifs is 1. The Hall–Kier alpha value is -1.53. The number of hydrogen-bond donors (Lipinski definition) is 2. The van der Waals surface area contributed by atoms with Gasteiger partial charge in [0.05, 0.1) is 22.9 Å². The molecule has 6 heteroatoms. The van der Waals surface area contributed by atoms with Crippen LogP contribution in [-0.4, -0.2) is 50.3 Å². The van der Waals surface area contributed by atoms with Gasteiger partial charge in [0.2, 0.25) is 5.91 Å². The summed E-state index contributed by atoms with van der Waals surface area (Å²) in [5, 5.41) is 10.3. The molecule has 1 aliphatic heterocycles. The zero-order chi connectivity index (χ0) is 15.5. The van der Waals surface area contributed by atoms with Gasteiger partial charge in [-0.2, -0.15) is 0 Å². The van der Waals surface area contributed by atoms with Gasteiger partial charge in [-0.05, 0) is 38.3 Å². The second-order valence-electron chi connectivity index (χ2n) is 5.82. The largest absolute Gasteiger partial charge is 0.393 e. The van der Waals surface area contributed by atoms with Crippen LogP contribution in [0.15, 0.2) is 29.4 Å². The molecule has 0 saturated carbocycles. The average Bonchev–Trinajstić information content (AvgIpc) is 3.10. The Morgan fingerprint density at radius 3 is 3.14 bits per heavy atom. The molecule has 1 aromatic carbocycles. The van der Waals surface area contributed by atoms with Crippen LogP contribution in [0.5, 0.6) is 0 Å². The number of likely N-dealkylation sites (tertiary alicyclic amines) is 1. The van der Waals surface area contributed by atoms with Crippen LogP contribution < -0.4 is 0 Å². The third-order valence-corrected chi connectivity index (χ3v) is 4.87. The molecule has 2 atom stereocenters. The molecule has 118 valence electrons. The number of imidazole rings is 1. The highest BCUT2D eigenvalue weighted by Crippen LogP contribution is 2.24. The minimum Gasteiger partial charge on any atom is -0.393 e. The summed E-state index contributed by atoms with van der Waals surface area (Å²) in [6.45, 7) is 2.58. The number of aromatic amines is 1. The zero-order valence-electron chi connectivity index (χ0n) is 12.7.